The number of likely N-dealkylation sites (N-methyl/N-ethyl adjacent to an activating group) is 1. The summed E-state index contributed by atoms with van der Waals surface area (Å²) < 4.78 is 14.8. The molecule has 0 rings (SSSR count). The van der Waals surface area contributed by atoms with E-state index in [0.717, 1.165) is 0 Å². The van der Waals surface area contributed by atoms with E-state index in [9.17, 15) is 24.0 Å². The lowest BCUT2D eigenvalue weighted by molar-refractivity contribution is -0.164. The number of nitrogens with one attached hydrogen (secondary N) is 2. The topological polar surface area (TPSA) is 163 Å². The Hall–Kier alpha value is -2.95. The second-order valence-corrected chi connectivity index (χ2v) is 6.86. The van der Waals surface area contributed by atoms with Gasteiger partial charge in [-0.3, -0.25) is 19.2 Å². The summed E-state index contributed by atoms with van der Waals surface area (Å²) >= 11 is 0. The van der Waals surface area contributed by atoms with E-state index < -0.39 is 30.1 Å². The van der Waals surface area contributed by atoms with E-state index in [1.54, 1.807) is 0 Å². The highest BCUT2D eigenvalue weighted by atomic mass is 16.6. The van der Waals surface area contributed by atoms with Gasteiger partial charge >= 0.3 is 17.9 Å². The van der Waals surface area contributed by atoms with E-state index in [-0.39, 0.29) is 43.4 Å². The zero-order chi connectivity index (χ0) is 23.8. The molecule has 0 saturated carbocycles. The van der Waals surface area contributed by atoms with E-state index >= 15 is 0 Å². The molecule has 0 aliphatic heterocycles. The molecule has 2 amide bonds. The van der Waals surface area contributed by atoms with Crippen LogP contribution in [-0.4, -0.2) is 68.7 Å². The molecule has 11 heteroatoms. The SMILES string of the molecule is C=C(C)C(=O)OCC(COC(=O)CCC(=O)NCCCCC(N)C(=O)NC)OC(C)=O. The van der Waals surface area contributed by atoms with Crippen LogP contribution < -0.4 is 16.4 Å². The number of nitrogens with two attached hydrogens (primary N) is 1. The van der Waals surface area contributed by atoms with E-state index in [0.29, 0.717) is 25.8 Å². The number of unbranched alkanes of at least 4 members (excludes halogenated alkanes) is 1. The number of hydrogen-bond acceptors (Lipinski definition) is 9. The second-order valence-electron chi connectivity index (χ2n) is 6.86. The summed E-state index contributed by atoms with van der Waals surface area (Å²) in [6, 6.07) is -0.574. The predicted octanol–water partition coefficient (Wildman–Crippen LogP) is -0.279. The van der Waals surface area contributed by atoms with Gasteiger partial charge in [0.05, 0.1) is 12.5 Å². The fourth-order valence-electron chi connectivity index (χ4n) is 2.24. The normalized spacial score (nSPS) is 12.1. The molecule has 0 radical (unpaired) electrons. The third kappa shape index (κ3) is 14.6. The van der Waals surface area contributed by atoms with Gasteiger partial charge in [-0.05, 0) is 26.2 Å². The minimum atomic E-state index is -0.959. The van der Waals surface area contributed by atoms with Crippen molar-refractivity contribution in [1.82, 2.24) is 10.6 Å². The van der Waals surface area contributed by atoms with Gasteiger partial charge < -0.3 is 30.6 Å². The maximum absolute atomic E-state index is 11.8. The number of hydrogen-bond donors (Lipinski definition) is 3. The molecule has 0 fully saturated rings. The average Bonchev–Trinajstić information content (AvgIpc) is 2.72. The van der Waals surface area contributed by atoms with Crippen LogP contribution in [0.1, 0.15) is 46.0 Å². The summed E-state index contributed by atoms with van der Waals surface area (Å²) in [6.45, 7) is 5.87. The number of rotatable bonds is 15. The van der Waals surface area contributed by atoms with Crippen molar-refractivity contribution in [2.24, 2.45) is 5.73 Å². The number of carbonyl (C=O) groups is 5. The number of carbonyl (C=O) groups excluding carboxylic acids is 5. The molecule has 0 bridgehead atoms. The van der Waals surface area contributed by atoms with Crippen molar-refractivity contribution in [2.75, 3.05) is 26.8 Å². The first-order valence-corrected chi connectivity index (χ1v) is 9.96. The van der Waals surface area contributed by atoms with Crippen molar-refractivity contribution in [3.05, 3.63) is 12.2 Å². The van der Waals surface area contributed by atoms with Crippen molar-refractivity contribution in [1.29, 1.82) is 0 Å². The molecule has 4 N–H and O–H groups in total. The van der Waals surface area contributed by atoms with Gasteiger partial charge in [0.1, 0.15) is 13.2 Å². The Morgan fingerprint density at radius 2 is 1.65 bits per heavy atom. The molecule has 0 aliphatic carbocycles. The zero-order valence-corrected chi connectivity index (χ0v) is 18.4. The van der Waals surface area contributed by atoms with Gasteiger partial charge in [0.2, 0.25) is 11.8 Å². The zero-order valence-electron chi connectivity index (χ0n) is 18.4. The van der Waals surface area contributed by atoms with Crippen LogP contribution in [0.5, 0.6) is 0 Å². The van der Waals surface area contributed by atoms with Crippen molar-refractivity contribution in [3.63, 3.8) is 0 Å². The van der Waals surface area contributed by atoms with Gasteiger partial charge in [-0.1, -0.05) is 6.58 Å². The first-order chi connectivity index (χ1) is 14.6. The summed E-state index contributed by atoms with van der Waals surface area (Å²) in [5, 5.41) is 5.13. The molecule has 0 saturated heterocycles. The molecule has 0 aliphatic rings. The van der Waals surface area contributed by atoms with Crippen LogP contribution in [0.15, 0.2) is 12.2 Å². The molecule has 31 heavy (non-hydrogen) atoms. The maximum atomic E-state index is 11.8. The van der Waals surface area contributed by atoms with Gasteiger partial charge in [0.15, 0.2) is 6.10 Å². The molecule has 11 nitrogen and oxygen atoms in total. The van der Waals surface area contributed by atoms with Gasteiger partial charge in [-0.2, -0.15) is 0 Å². The van der Waals surface area contributed by atoms with Crippen LogP contribution in [0.2, 0.25) is 0 Å². The predicted molar refractivity (Wildman–Crippen MR) is 110 cm³/mol. The van der Waals surface area contributed by atoms with Gasteiger partial charge in [-0.25, -0.2) is 4.79 Å². The van der Waals surface area contributed by atoms with Crippen molar-refractivity contribution in [3.8, 4) is 0 Å². The molecular formula is C20H33N3O8. The van der Waals surface area contributed by atoms with Crippen LogP contribution in [0.3, 0.4) is 0 Å². The smallest absolute Gasteiger partial charge is 0.333 e. The standard InChI is InChI=1S/C20H33N3O8/c1-13(2)20(28)30-12-15(31-14(3)24)11-29-18(26)9-8-17(25)23-10-6-5-7-16(21)19(27)22-4/h15-16H,1,5-12,21H2,2-4H3,(H,22,27)(H,23,25). The van der Waals surface area contributed by atoms with Crippen LogP contribution in [0, 0.1) is 0 Å². The Bertz CT molecular complexity index is 650. The van der Waals surface area contributed by atoms with E-state index in [4.69, 9.17) is 19.9 Å². The van der Waals surface area contributed by atoms with Crippen LogP contribution >= 0.6 is 0 Å². The lowest BCUT2D eigenvalue weighted by atomic mass is 10.1. The van der Waals surface area contributed by atoms with Gasteiger partial charge in [-0.15, -0.1) is 0 Å². The van der Waals surface area contributed by atoms with Crippen LogP contribution in [0.4, 0.5) is 0 Å². The van der Waals surface area contributed by atoms with Crippen molar-refractivity contribution in [2.45, 2.75) is 58.1 Å². The Morgan fingerprint density at radius 3 is 2.23 bits per heavy atom. The van der Waals surface area contributed by atoms with Crippen molar-refractivity contribution >= 4 is 29.7 Å². The minimum Gasteiger partial charge on any atom is -0.462 e. The molecule has 0 spiro atoms. The summed E-state index contributed by atoms with van der Waals surface area (Å²) in [6.07, 6.45) is 0.635. The molecule has 0 aromatic heterocycles. The van der Waals surface area contributed by atoms with Crippen LogP contribution in [-0.2, 0) is 38.2 Å². The third-order valence-corrected chi connectivity index (χ3v) is 3.92. The summed E-state index contributed by atoms with van der Waals surface area (Å²) in [4.78, 5) is 57.4. The lowest BCUT2D eigenvalue weighted by Gasteiger charge is -2.17. The Kier molecular flexibility index (Phi) is 14.3. The monoisotopic (exact) mass is 443 g/mol. The van der Waals surface area contributed by atoms with Gasteiger partial charge in [0, 0.05) is 32.5 Å². The maximum Gasteiger partial charge on any atom is 0.333 e. The second kappa shape index (κ2) is 15.8. The first-order valence-electron chi connectivity index (χ1n) is 9.96. The molecule has 2 atom stereocenters. The summed E-state index contributed by atoms with van der Waals surface area (Å²) in [7, 11) is 1.52. The minimum absolute atomic E-state index is 0.0700. The quantitative estimate of drug-likeness (QED) is 0.134. The fourth-order valence-corrected chi connectivity index (χ4v) is 2.24. The third-order valence-electron chi connectivity index (χ3n) is 3.92. The van der Waals surface area contributed by atoms with Crippen LogP contribution in [0.25, 0.3) is 0 Å². The lowest BCUT2D eigenvalue weighted by Crippen LogP contribution is -2.38. The Labute approximate surface area is 182 Å². The molecule has 0 aromatic carbocycles. The van der Waals surface area contributed by atoms with E-state index in [2.05, 4.69) is 17.2 Å². The van der Waals surface area contributed by atoms with E-state index in [1.807, 2.05) is 0 Å². The number of amides is 2. The molecule has 2 unspecified atom stereocenters. The molecule has 0 heterocycles. The highest BCUT2D eigenvalue weighted by Crippen LogP contribution is 2.02. The number of ether oxygens (including phenoxy) is 3. The van der Waals surface area contributed by atoms with E-state index in [1.165, 1.54) is 20.9 Å². The van der Waals surface area contributed by atoms with Crippen molar-refractivity contribution < 1.29 is 38.2 Å². The first kappa shape index (κ1) is 28.1. The highest BCUT2D eigenvalue weighted by molar-refractivity contribution is 5.87. The highest BCUT2D eigenvalue weighted by Gasteiger charge is 2.18. The number of esters is 3. The summed E-state index contributed by atoms with van der Waals surface area (Å²) in [5.41, 5.74) is 5.85. The summed E-state index contributed by atoms with van der Waals surface area (Å²) in [5.74, 6) is -2.49. The average molecular weight is 443 g/mol. The molecule has 176 valence electrons. The fraction of sp³-hybridized carbons (Fsp3) is 0.650. The largest absolute Gasteiger partial charge is 0.462 e. The molecule has 0 aromatic rings. The Balaban J connectivity index is 4.08. The Morgan fingerprint density at radius 1 is 1.00 bits per heavy atom. The molecular weight excluding hydrogens is 410 g/mol. The van der Waals surface area contributed by atoms with Gasteiger partial charge in [0.25, 0.3) is 0 Å².